The van der Waals surface area contributed by atoms with Crippen LogP contribution in [0.4, 0.5) is 0 Å². The number of carboxylic acid groups (broad SMARTS) is 1. The summed E-state index contributed by atoms with van der Waals surface area (Å²) >= 11 is 0. The van der Waals surface area contributed by atoms with E-state index in [-0.39, 0.29) is 12.5 Å². The monoisotopic (exact) mass is 312 g/mol. The minimum atomic E-state index is -0.827. The average Bonchev–Trinajstić information content (AvgIpc) is 2.60. The minimum absolute atomic E-state index is 0.171. The van der Waals surface area contributed by atoms with Crippen molar-refractivity contribution in [1.29, 1.82) is 0 Å². The van der Waals surface area contributed by atoms with E-state index >= 15 is 0 Å². The van der Waals surface area contributed by atoms with Crippen LogP contribution in [0, 0.1) is 5.41 Å². The largest absolute Gasteiger partial charge is 0.481 e. The first kappa shape index (κ1) is 15.5. The number of benzene rings is 1. The number of fused-ring (bicyclic) bond motifs is 1. The van der Waals surface area contributed by atoms with Crippen molar-refractivity contribution >= 4 is 22.6 Å². The van der Waals surface area contributed by atoms with Crippen LogP contribution in [0.2, 0.25) is 0 Å². The van der Waals surface area contributed by atoms with Gasteiger partial charge in [-0.3, -0.25) is 14.6 Å². The van der Waals surface area contributed by atoms with Crippen molar-refractivity contribution in [2.75, 3.05) is 6.54 Å². The molecule has 1 amide bonds. The van der Waals surface area contributed by atoms with Gasteiger partial charge in [0, 0.05) is 24.3 Å². The highest BCUT2D eigenvalue weighted by Gasteiger charge is 2.39. The van der Waals surface area contributed by atoms with Crippen molar-refractivity contribution < 1.29 is 14.7 Å². The third-order valence-electron chi connectivity index (χ3n) is 4.76. The summed E-state index contributed by atoms with van der Waals surface area (Å²) in [5, 5.41) is 14.1. The van der Waals surface area contributed by atoms with E-state index in [1.54, 1.807) is 6.20 Å². The van der Waals surface area contributed by atoms with Gasteiger partial charge < -0.3 is 10.4 Å². The minimum Gasteiger partial charge on any atom is -0.481 e. The van der Waals surface area contributed by atoms with Gasteiger partial charge in [0.05, 0.1) is 11.0 Å². The first-order valence-electron chi connectivity index (χ1n) is 7.97. The van der Waals surface area contributed by atoms with E-state index in [0.29, 0.717) is 18.4 Å². The Balaban J connectivity index is 1.79. The van der Waals surface area contributed by atoms with Crippen LogP contribution in [0.1, 0.15) is 42.5 Å². The van der Waals surface area contributed by atoms with Crippen molar-refractivity contribution in [2.45, 2.75) is 32.1 Å². The summed E-state index contributed by atoms with van der Waals surface area (Å²) in [5.74, 6) is -1.07. The molecule has 1 aromatic carbocycles. The number of aromatic nitrogens is 1. The number of carbonyl (C=O) groups is 2. The van der Waals surface area contributed by atoms with Crippen molar-refractivity contribution in [3.05, 3.63) is 42.2 Å². The van der Waals surface area contributed by atoms with Gasteiger partial charge >= 0.3 is 5.97 Å². The molecule has 5 heteroatoms. The first-order valence-corrected chi connectivity index (χ1v) is 7.97. The molecule has 1 aliphatic rings. The summed E-state index contributed by atoms with van der Waals surface area (Å²) in [4.78, 5) is 28.3. The average molecular weight is 312 g/mol. The van der Waals surface area contributed by atoms with Crippen molar-refractivity contribution in [1.82, 2.24) is 10.3 Å². The Morgan fingerprint density at radius 2 is 1.87 bits per heavy atom. The number of rotatable bonds is 4. The van der Waals surface area contributed by atoms with Crippen LogP contribution in [0.5, 0.6) is 0 Å². The fourth-order valence-electron chi connectivity index (χ4n) is 3.34. The molecule has 120 valence electrons. The Kier molecular flexibility index (Phi) is 4.28. The Morgan fingerprint density at radius 1 is 1.13 bits per heavy atom. The van der Waals surface area contributed by atoms with Crippen LogP contribution >= 0.6 is 0 Å². The molecule has 0 atom stereocenters. The molecule has 0 radical (unpaired) electrons. The Morgan fingerprint density at radius 3 is 2.61 bits per heavy atom. The zero-order chi connectivity index (χ0) is 16.3. The van der Waals surface area contributed by atoms with Gasteiger partial charge in [0.2, 0.25) is 0 Å². The second-order valence-corrected chi connectivity index (χ2v) is 6.24. The number of hydrogen-bond donors (Lipinski definition) is 2. The number of aliphatic carboxylic acids is 1. The summed E-state index contributed by atoms with van der Waals surface area (Å²) in [5.41, 5.74) is -0.342. The molecule has 1 fully saturated rings. The molecule has 0 saturated heterocycles. The highest BCUT2D eigenvalue weighted by atomic mass is 16.4. The molecular weight excluding hydrogens is 292 g/mol. The normalized spacial score (nSPS) is 16.9. The maximum absolute atomic E-state index is 12.5. The molecule has 0 aliphatic heterocycles. The Labute approximate surface area is 134 Å². The Bertz CT molecular complexity index is 731. The van der Waals surface area contributed by atoms with Crippen LogP contribution < -0.4 is 5.32 Å². The molecule has 1 heterocycles. The van der Waals surface area contributed by atoms with Crippen LogP contribution in [-0.4, -0.2) is 28.5 Å². The smallest absolute Gasteiger partial charge is 0.311 e. The van der Waals surface area contributed by atoms with E-state index in [1.165, 1.54) is 6.20 Å². The second-order valence-electron chi connectivity index (χ2n) is 6.24. The predicted molar refractivity (Wildman–Crippen MR) is 87.2 cm³/mol. The maximum Gasteiger partial charge on any atom is 0.311 e. The molecular formula is C18H20N2O3. The van der Waals surface area contributed by atoms with Crippen molar-refractivity contribution in [3.8, 4) is 0 Å². The number of carboxylic acids is 1. The highest BCUT2D eigenvalue weighted by Crippen LogP contribution is 2.36. The standard InChI is InChI=1S/C18H20N2O3/c21-16(15-11-19-10-13-6-2-3-7-14(13)15)20-12-18(17(22)23)8-4-1-5-9-18/h2-3,6-7,10-11H,1,4-5,8-9,12H2,(H,20,21)(H,22,23). The topological polar surface area (TPSA) is 79.3 Å². The van der Waals surface area contributed by atoms with Crippen LogP contribution in [0.15, 0.2) is 36.7 Å². The van der Waals surface area contributed by atoms with Crippen LogP contribution in [-0.2, 0) is 4.79 Å². The van der Waals surface area contributed by atoms with Crippen LogP contribution in [0.25, 0.3) is 10.8 Å². The maximum atomic E-state index is 12.5. The van der Waals surface area contributed by atoms with E-state index in [9.17, 15) is 14.7 Å². The molecule has 0 unspecified atom stereocenters. The Hall–Kier alpha value is -2.43. The van der Waals surface area contributed by atoms with E-state index in [2.05, 4.69) is 10.3 Å². The number of pyridine rings is 1. The SMILES string of the molecule is O=C(NCC1(C(=O)O)CCCCC1)c1cncc2ccccc12. The van der Waals surface area contributed by atoms with Gasteiger partial charge in [0.25, 0.3) is 5.91 Å². The van der Waals surface area contributed by atoms with Gasteiger partial charge in [-0.25, -0.2) is 0 Å². The predicted octanol–water partition coefficient (Wildman–Crippen LogP) is 3.00. The lowest BCUT2D eigenvalue weighted by atomic mass is 9.74. The molecule has 0 spiro atoms. The molecule has 2 aromatic rings. The lowest BCUT2D eigenvalue weighted by Gasteiger charge is -2.33. The number of nitrogens with zero attached hydrogens (tertiary/aromatic N) is 1. The van der Waals surface area contributed by atoms with Gasteiger partial charge in [-0.2, -0.15) is 0 Å². The lowest BCUT2D eigenvalue weighted by molar-refractivity contribution is -0.150. The molecule has 2 N–H and O–H groups in total. The number of amides is 1. The van der Waals surface area contributed by atoms with E-state index < -0.39 is 11.4 Å². The third-order valence-corrected chi connectivity index (χ3v) is 4.76. The molecule has 1 saturated carbocycles. The highest BCUT2D eigenvalue weighted by molar-refractivity contribution is 6.06. The third kappa shape index (κ3) is 3.04. The second kappa shape index (κ2) is 6.36. The summed E-state index contributed by atoms with van der Waals surface area (Å²) in [6, 6.07) is 7.55. The van der Waals surface area contributed by atoms with Gasteiger partial charge in [-0.05, 0) is 18.2 Å². The molecule has 3 rings (SSSR count). The summed E-state index contributed by atoms with van der Waals surface area (Å²) in [7, 11) is 0. The number of carbonyl (C=O) groups excluding carboxylic acids is 1. The van der Waals surface area contributed by atoms with E-state index in [0.717, 1.165) is 30.0 Å². The van der Waals surface area contributed by atoms with E-state index in [1.807, 2.05) is 24.3 Å². The van der Waals surface area contributed by atoms with Crippen LogP contribution in [0.3, 0.4) is 0 Å². The molecule has 1 aliphatic carbocycles. The van der Waals surface area contributed by atoms with Crippen molar-refractivity contribution in [3.63, 3.8) is 0 Å². The van der Waals surface area contributed by atoms with Crippen molar-refractivity contribution in [2.24, 2.45) is 5.41 Å². The quantitative estimate of drug-likeness (QED) is 0.909. The summed E-state index contributed by atoms with van der Waals surface area (Å²) in [6.07, 6.45) is 7.36. The van der Waals surface area contributed by atoms with Gasteiger partial charge in [0.15, 0.2) is 0 Å². The van der Waals surface area contributed by atoms with E-state index in [4.69, 9.17) is 0 Å². The fraction of sp³-hybridized carbons (Fsp3) is 0.389. The zero-order valence-corrected chi connectivity index (χ0v) is 12.9. The van der Waals surface area contributed by atoms with Gasteiger partial charge in [0.1, 0.15) is 0 Å². The molecule has 0 bridgehead atoms. The fourth-order valence-corrected chi connectivity index (χ4v) is 3.34. The molecule has 1 aromatic heterocycles. The van der Waals surface area contributed by atoms with Gasteiger partial charge in [-0.15, -0.1) is 0 Å². The lowest BCUT2D eigenvalue weighted by Crippen LogP contribution is -2.44. The summed E-state index contributed by atoms with van der Waals surface area (Å²) < 4.78 is 0. The number of hydrogen-bond acceptors (Lipinski definition) is 3. The van der Waals surface area contributed by atoms with Gasteiger partial charge in [-0.1, -0.05) is 43.5 Å². The first-order chi connectivity index (χ1) is 11.1. The molecule has 5 nitrogen and oxygen atoms in total. The molecule has 23 heavy (non-hydrogen) atoms. The summed E-state index contributed by atoms with van der Waals surface area (Å²) in [6.45, 7) is 0.171. The zero-order valence-electron chi connectivity index (χ0n) is 12.9. The number of nitrogens with one attached hydrogen (secondary N) is 1.